The molecule has 1 aromatic carbocycles. The van der Waals surface area contributed by atoms with E-state index in [0.29, 0.717) is 16.4 Å². The van der Waals surface area contributed by atoms with Gasteiger partial charge in [-0.05, 0) is 43.8 Å². The minimum atomic E-state index is -3.53. The zero-order valence-electron chi connectivity index (χ0n) is 11.1. The van der Waals surface area contributed by atoms with Crippen molar-refractivity contribution in [2.24, 2.45) is 0 Å². The van der Waals surface area contributed by atoms with Crippen molar-refractivity contribution in [1.29, 1.82) is 0 Å². The molecule has 2 aromatic rings. The molecular formula is C13H15BrN2O2S2. The van der Waals surface area contributed by atoms with Crippen LogP contribution >= 0.6 is 27.3 Å². The molecule has 0 unspecified atom stereocenters. The highest BCUT2D eigenvalue weighted by Gasteiger charge is 2.17. The summed E-state index contributed by atoms with van der Waals surface area (Å²) in [6, 6.07) is 8.96. The zero-order valence-corrected chi connectivity index (χ0v) is 14.3. The van der Waals surface area contributed by atoms with Crippen LogP contribution in [0, 0.1) is 6.92 Å². The molecule has 0 fully saturated rings. The molecule has 4 nitrogen and oxygen atoms in total. The first-order valence-electron chi connectivity index (χ1n) is 5.94. The maximum Gasteiger partial charge on any atom is 0.271 e. The number of anilines is 1. The van der Waals surface area contributed by atoms with E-state index in [1.165, 1.54) is 11.3 Å². The molecule has 0 aliphatic heterocycles. The Kier molecular flexibility index (Phi) is 4.85. The number of sulfonamides is 1. The van der Waals surface area contributed by atoms with Crippen LogP contribution in [0.2, 0.25) is 0 Å². The third-order valence-corrected chi connectivity index (χ3v) is 6.13. The maximum absolute atomic E-state index is 12.3. The molecule has 0 saturated heterocycles. The van der Waals surface area contributed by atoms with Crippen LogP contribution in [-0.2, 0) is 16.6 Å². The Bertz CT molecular complexity index is 711. The molecule has 0 aliphatic carbocycles. The molecule has 0 atom stereocenters. The maximum atomic E-state index is 12.3. The van der Waals surface area contributed by atoms with Crippen molar-refractivity contribution in [3.63, 3.8) is 0 Å². The van der Waals surface area contributed by atoms with Crippen LogP contribution in [0.15, 0.2) is 39.0 Å². The van der Waals surface area contributed by atoms with E-state index in [0.717, 1.165) is 14.9 Å². The second-order valence-electron chi connectivity index (χ2n) is 4.32. The molecule has 0 amide bonds. The van der Waals surface area contributed by atoms with E-state index in [4.69, 9.17) is 0 Å². The predicted molar refractivity (Wildman–Crippen MR) is 86.8 cm³/mol. The summed E-state index contributed by atoms with van der Waals surface area (Å²) in [6.07, 6.45) is 0. The Morgan fingerprint density at radius 2 is 2.00 bits per heavy atom. The van der Waals surface area contributed by atoms with E-state index in [1.807, 2.05) is 32.2 Å². The highest BCUT2D eigenvalue weighted by Crippen LogP contribution is 2.27. The van der Waals surface area contributed by atoms with E-state index in [1.54, 1.807) is 12.1 Å². The number of rotatable bonds is 5. The van der Waals surface area contributed by atoms with Gasteiger partial charge in [-0.3, -0.25) is 4.72 Å². The van der Waals surface area contributed by atoms with Gasteiger partial charge < -0.3 is 5.32 Å². The predicted octanol–water partition coefficient (Wildman–Crippen LogP) is 3.34. The molecule has 7 heteroatoms. The van der Waals surface area contributed by atoms with Crippen molar-refractivity contribution in [3.8, 4) is 0 Å². The van der Waals surface area contributed by atoms with Crippen LogP contribution < -0.4 is 10.0 Å². The third-order valence-electron chi connectivity index (χ3n) is 2.70. The van der Waals surface area contributed by atoms with Gasteiger partial charge in [0.2, 0.25) is 0 Å². The van der Waals surface area contributed by atoms with Crippen LogP contribution in [-0.4, -0.2) is 15.5 Å². The van der Waals surface area contributed by atoms with Crippen LogP contribution in [0.1, 0.15) is 10.4 Å². The second kappa shape index (κ2) is 6.26. The van der Waals surface area contributed by atoms with Gasteiger partial charge in [0.1, 0.15) is 4.21 Å². The van der Waals surface area contributed by atoms with Gasteiger partial charge in [-0.2, -0.15) is 0 Å². The minimum Gasteiger partial charge on any atom is -0.315 e. The number of benzene rings is 1. The number of hydrogen-bond acceptors (Lipinski definition) is 4. The van der Waals surface area contributed by atoms with E-state index in [9.17, 15) is 8.42 Å². The number of thiophene rings is 1. The summed E-state index contributed by atoms with van der Waals surface area (Å²) in [4.78, 5) is 0.985. The molecule has 0 aliphatic rings. The summed E-state index contributed by atoms with van der Waals surface area (Å²) in [7, 11) is -1.70. The molecule has 1 aromatic heterocycles. The molecule has 2 rings (SSSR count). The Labute approximate surface area is 131 Å². The number of halogens is 1. The number of nitrogens with one attached hydrogen (secondary N) is 2. The molecule has 0 radical (unpaired) electrons. The van der Waals surface area contributed by atoms with Gasteiger partial charge in [0.15, 0.2) is 0 Å². The van der Waals surface area contributed by atoms with E-state index in [2.05, 4.69) is 26.0 Å². The molecular weight excluding hydrogens is 360 g/mol. The quantitative estimate of drug-likeness (QED) is 0.843. The standard InChI is InChI=1S/C13H15BrN2O2S2/c1-9-3-4-10(14)7-12(9)16-20(17,18)13-6-5-11(19-13)8-15-2/h3-7,15-16H,8H2,1-2H3. The summed E-state index contributed by atoms with van der Waals surface area (Å²) in [5, 5.41) is 3.00. The van der Waals surface area contributed by atoms with E-state index in [-0.39, 0.29) is 0 Å². The molecule has 0 bridgehead atoms. The molecule has 2 N–H and O–H groups in total. The zero-order chi connectivity index (χ0) is 14.8. The fraction of sp³-hybridized carbons (Fsp3) is 0.231. The van der Waals surface area contributed by atoms with Crippen LogP contribution in [0.4, 0.5) is 5.69 Å². The first-order valence-corrected chi connectivity index (χ1v) is 9.04. The molecule has 1 heterocycles. The van der Waals surface area contributed by atoms with Crippen LogP contribution in [0.25, 0.3) is 0 Å². The Morgan fingerprint density at radius 3 is 2.70 bits per heavy atom. The van der Waals surface area contributed by atoms with Gasteiger partial charge in [0.25, 0.3) is 10.0 Å². The second-order valence-corrected chi connectivity index (χ2v) is 8.31. The molecule has 0 saturated carbocycles. The van der Waals surface area contributed by atoms with E-state index >= 15 is 0 Å². The van der Waals surface area contributed by atoms with Crippen LogP contribution in [0.3, 0.4) is 0 Å². The highest BCUT2D eigenvalue weighted by molar-refractivity contribution is 9.10. The minimum absolute atomic E-state index is 0.321. The Balaban J connectivity index is 2.28. The Morgan fingerprint density at radius 1 is 1.25 bits per heavy atom. The first kappa shape index (κ1) is 15.5. The summed E-state index contributed by atoms with van der Waals surface area (Å²) < 4.78 is 28.5. The van der Waals surface area contributed by atoms with Gasteiger partial charge in [0.05, 0.1) is 5.69 Å². The normalized spacial score (nSPS) is 11.6. The monoisotopic (exact) mass is 374 g/mol. The SMILES string of the molecule is CNCc1ccc(S(=O)(=O)Nc2cc(Br)ccc2C)s1. The lowest BCUT2D eigenvalue weighted by Crippen LogP contribution is -2.12. The molecule has 20 heavy (non-hydrogen) atoms. The van der Waals surface area contributed by atoms with Crippen LogP contribution in [0.5, 0.6) is 0 Å². The lowest BCUT2D eigenvalue weighted by Gasteiger charge is -2.09. The van der Waals surface area contributed by atoms with Crippen molar-refractivity contribution in [1.82, 2.24) is 5.32 Å². The van der Waals surface area contributed by atoms with Gasteiger partial charge in [-0.1, -0.05) is 22.0 Å². The lowest BCUT2D eigenvalue weighted by atomic mass is 10.2. The fourth-order valence-corrected chi connectivity index (χ4v) is 4.52. The largest absolute Gasteiger partial charge is 0.315 e. The van der Waals surface area contributed by atoms with Crippen molar-refractivity contribution in [2.45, 2.75) is 17.7 Å². The lowest BCUT2D eigenvalue weighted by molar-refractivity contribution is 0.603. The van der Waals surface area contributed by atoms with Gasteiger partial charge in [-0.15, -0.1) is 11.3 Å². The first-order chi connectivity index (χ1) is 9.42. The highest BCUT2D eigenvalue weighted by atomic mass is 79.9. The molecule has 108 valence electrons. The summed E-state index contributed by atoms with van der Waals surface area (Å²) in [5.74, 6) is 0. The molecule has 0 spiro atoms. The summed E-state index contributed by atoms with van der Waals surface area (Å²) in [6.45, 7) is 2.53. The third kappa shape index (κ3) is 3.60. The van der Waals surface area contributed by atoms with Gasteiger partial charge in [-0.25, -0.2) is 8.42 Å². The van der Waals surface area contributed by atoms with Gasteiger partial charge in [0, 0.05) is 15.9 Å². The van der Waals surface area contributed by atoms with Gasteiger partial charge >= 0.3 is 0 Å². The summed E-state index contributed by atoms with van der Waals surface area (Å²) >= 11 is 4.61. The van der Waals surface area contributed by atoms with E-state index < -0.39 is 10.0 Å². The van der Waals surface area contributed by atoms with Crippen molar-refractivity contribution >= 4 is 43.0 Å². The number of aryl methyl sites for hydroxylation is 1. The van der Waals surface area contributed by atoms with Crippen molar-refractivity contribution in [3.05, 3.63) is 45.2 Å². The topological polar surface area (TPSA) is 58.2 Å². The average molecular weight is 375 g/mol. The average Bonchev–Trinajstić information content (AvgIpc) is 2.83. The smallest absolute Gasteiger partial charge is 0.271 e. The van der Waals surface area contributed by atoms with Crippen molar-refractivity contribution < 1.29 is 8.42 Å². The fourth-order valence-electron chi connectivity index (χ4n) is 1.67. The summed E-state index contributed by atoms with van der Waals surface area (Å²) in [5.41, 5.74) is 1.46. The number of hydrogen-bond donors (Lipinski definition) is 2. The van der Waals surface area contributed by atoms with Crippen molar-refractivity contribution in [2.75, 3.05) is 11.8 Å². The Hall–Kier alpha value is -0.890.